The normalized spacial score (nSPS) is 11.8. The van der Waals surface area contributed by atoms with Crippen LogP contribution in [0.15, 0.2) is 24.5 Å². The Morgan fingerprint density at radius 3 is 2.70 bits per heavy atom. The number of rotatable bonds is 4. The van der Waals surface area contributed by atoms with Crippen LogP contribution >= 0.6 is 0 Å². The van der Waals surface area contributed by atoms with Crippen molar-refractivity contribution in [3.63, 3.8) is 0 Å². The average molecular weight is 276 g/mol. The van der Waals surface area contributed by atoms with Crippen LogP contribution in [-0.2, 0) is 13.1 Å². The first-order valence-corrected chi connectivity index (χ1v) is 6.72. The van der Waals surface area contributed by atoms with Gasteiger partial charge in [0.2, 0.25) is 0 Å². The van der Waals surface area contributed by atoms with Crippen LogP contribution in [0.3, 0.4) is 0 Å². The average Bonchev–Trinajstić information content (AvgIpc) is 2.77. The van der Waals surface area contributed by atoms with Crippen LogP contribution in [-0.4, -0.2) is 20.3 Å². The fourth-order valence-corrected chi connectivity index (χ4v) is 1.90. The molecule has 0 atom stereocenters. The van der Waals surface area contributed by atoms with Gasteiger partial charge in [-0.25, -0.2) is 14.1 Å². The van der Waals surface area contributed by atoms with Crippen LogP contribution in [0.25, 0.3) is 0 Å². The first-order chi connectivity index (χ1) is 9.35. The maximum absolute atomic E-state index is 13.1. The van der Waals surface area contributed by atoms with Gasteiger partial charge in [-0.2, -0.15) is 5.10 Å². The van der Waals surface area contributed by atoms with Crippen LogP contribution in [0.4, 0.5) is 4.39 Å². The molecule has 0 saturated heterocycles. The van der Waals surface area contributed by atoms with Crippen molar-refractivity contribution in [3.05, 3.63) is 47.3 Å². The zero-order chi connectivity index (χ0) is 14.8. The SMILES string of the molecule is Cc1cc(F)ccc1Cn1ncnc1CNC(C)(C)C. The highest BCUT2D eigenvalue weighted by Crippen LogP contribution is 2.12. The second kappa shape index (κ2) is 5.71. The summed E-state index contributed by atoms with van der Waals surface area (Å²) in [5, 5.41) is 7.64. The van der Waals surface area contributed by atoms with Gasteiger partial charge in [0, 0.05) is 5.54 Å². The van der Waals surface area contributed by atoms with E-state index in [4.69, 9.17) is 0 Å². The smallest absolute Gasteiger partial charge is 0.141 e. The number of aryl methyl sites for hydroxylation is 1. The second-order valence-electron chi connectivity index (χ2n) is 6.01. The van der Waals surface area contributed by atoms with Crippen molar-refractivity contribution in [2.45, 2.75) is 46.3 Å². The maximum atomic E-state index is 13.1. The Hall–Kier alpha value is -1.75. The van der Waals surface area contributed by atoms with E-state index in [1.807, 2.05) is 11.6 Å². The van der Waals surface area contributed by atoms with E-state index in [-0.39, 0.29) is 11.4 Å². The first-order valence-electron chi connectivity index (χ1n) is 6.72. The fraction of sp³-hybridized carbons (Fsp3) is 0.467. The number of nitrogens with zero attached hydrogens (tertiary/aromatic N) is 3. The quantitative estimate of drug-likeness (QED) is 0.933. The molecule has 4 nitrogen and oxygen atoms in total. The molecule has 0 aliphatic rings. The van der Waals surface area contributed by atoms with E-state index in [1.165, 1.54) is 6.07 Å². The van der Waals surface area contributed by atoms with E-state index in [0.717, 1.165) is 17.0 Å². The highest BCUT2D eigenvalue weighted by Gasteiger charge is 2.12. The standard InChI is InChI=1S/C15H21FN4/c1-11-7-13(16)6-5-12(11)9-20-14(17-10-19-20)8-18-15(2,3)4/h5-7,10,18H,8-9H2,1-4H3. The van der Waals surface area contributed by atoms with Gasteiger partial charge in [-0.05, 0) is 51.0 Å². The number of hydrogen-bond donors (Lipinski definition) is 1. The Bertz CT molecular complexity index is 584. The minimum Gasteiger partial charge on any atom is -0.305 e. The predicted molar refractivity (Wildman–Crippen MR) is 76.9 cm³/mol. The molecule has 0 saturated carbocycles. The van der Waals surface area contributed by atoms with Crippen molar-refractivity contribution in [2.24, 2.45) is 0 Å². The van der Waals surface area contributed by atoms with Crippen LogP contribution in [0, 0.1) is 12.7 Å². The highest BCUT2D eigenvalue weighted by atomic mass is 19.1. The predicted octanol–water partition coefficient (Wildman–Crippen LogP) is 2.66. The molecule has 0 spiro atoms. The summed E-state index contributed by atoms with van der Waals surface area (Å²) in [6.45, 7) is 9.49. The third-order valence-electron chi connectivity index (χ3n) is 3.10. The van der Waals surface area contributed by atoms with Crippen LogP contribution in [0.2, 0.25) is 0 Å². The fourth-order valence-electron chi connectivity index (χ4n) is 1.90. The van der Waals surface area contributed by atoms with E-state index in [9.17, 15) is 4.39 Å². The Labute approximate surface area is 119 Å². The van der Waals surface area contributed by atoms with Gasteiger partial charge in [-0.15, -0.1) is 0 Å². The van der Waals surface area contributed by atoms with Gasteiger partial charge < -0.3 is 5.32 Å². The highest BCUT2D eigenvalue weighted by molar-refractivity contribution is 5.26. The molecule has 108 valence electrons. The van der Waals surface area contributed by atoms with Crippen LogP contribution in [0.1, 0.15) is 37.7 Å². The van der Waals surface area contributed by atoms with Gasteiger partial charge in [0.15, 0.2) is 0 Å². The zero-order valence-electron chi connectivity index (χ0n) is 12.4. The van der Waals surface area contributed by atoms with Crippen molar-refractivity contribution in [1.29, 1.82) is 0 Å². The third-order valence-corrected chi connectivity index (χ3v) is 3.10. The lowest BCUT2D eigenvalue weighted by molar-refractivity contribution is 0.410. The molecular weight excluding hydrogens is 255 g/mol. The lowest BCUT2D eigenvalue weighted by Gasteiger charge is -2.20. The summed E-state index contributed by atoms with van der Waals surface area (Å²) in [6.07, 6.45) is 1.55. The van der Waals surface area contributed by atoms with Gasteiger partial charge in [-0.1, -0.05) is 6.07 Å². The Morgan fingerprint density at radius 2 is 2.05 bits per heavy atom. The zero-order valence-corrected chi connectivity index (χ0v) is 12.4. The van der Waals surface area contributed by atoms with Gasteiger partial charge in [0.25, 0.3) is 0 Å². The van der Waals surface area contributed by atoms with E-state index in [2.05, 4.69) is 36.2 Å². The van der Waals surface area contributed by atoms with Crippen LogP contribution < -0.4 is 5.32 Å². The van der Waals surface area contributed by atoms with Gasteiger partial charge in [-0.3, -0.25) is 0 Å². The second-order valence-corrected chi connectivity index (χ2v) is 6.01. The summed E-state index contributed by atoms with van der Waals surface area (Å²) in [4.78, 5) is 4.28. The number of benzene rings is 1. The van der Waals surface area contributed by atoms with E-state index in [0.29, 0.717) is 13.1 Å². The first kappa shape index (κ1) is 14.7. The molecule has 5 heteroatoms. The van der Waals surface area contributed by atoms with Crippen molar-refractivity contribution in [3.8, 4) is 0 Å². The molecule has 0 amide bonds. The number of hydrogen-bond acceptors (Lipinski definition) is 3. The van der Waals surface area contributed by atoms with Gasteiger partial charge in [0.1, 0.15) is 18.0 Å². The molecular formula is C15H21FN4. The summed E-state index contributed by atoms with van der Waals surface area (Å²) in [6, 6.07) is 4.82. The lowest BCUT2D eigenvalue weighted by atomic mass is 10.1. The van der Waals surface area contributed by atoms with Crippen molar-refractivity contribution in [2.75, 3.05) is 0 Å². The summed E-state index contributed by atoms with van der Waals surface area (Å²) < 4.78 is 15.0. The number of halogens is 1. The molecule has 1 N–H and O–H groups in total. The third kappa shape index (κ3) is 3.87. The molecule has 0 radical (unpaired) electrons. The Balaban J connectivity index is 2.12. The molecule has 20 heavy (non-hydrogen) atoms. The largest absolute Gasteiger partial charge is 0.305 e. The van der Waals surface area contributed by atoms with Crippen LogP contribution in [0.5, 0.6) is 0 Å². The van der Waals surface area contributed by atoms with Crippen molar-refractivity contribution < 1.29 is 4.39 Å². The summed E-state index contributed by atoms with van der Waals surface area (Å²) in [5.74, 6) is 0.670. The molecule has 0 bridgehead atoms. The Morgan fingerprint density at radius 1 is 1.30 bits per heavy atom. The Kier molecular flexibility index (Phi) is 4.18. The molecule has 0 unspecified atom stereocenters. The number of aromatic nitrogens is 3. The van der Waals surface area contributed by atoms with Gasteiger partial charge in [0.05, 0.1) is 13.1 Å². The van der Waals surface area contributed by atoms with E-state index < -0.39 is 0 Å². The molecule has 0 aliphatic carbocycles. The van der Waals surface area contributed by atoms with E-state index >= 15 is 0 Å². The molecule has 1 aromatic heterocycles. The summed E-state index contributed by atoms with van der Waals surface area (Å²) in [7, 11) is 0. The monoisotopic (exact) mass is 276 g/mol. The molecule has 2 rings (SSSR count). The molecule has 1 aromatic carbocycles. The van der Waals surface area contributed by atoms with Gasteiger partial charge >= 0.3 is 0 Å². The molecule has 0 fully saturated rings. The maximum Gasteiger partial charge on any atom is 0.141 e. The number of nitrogens with one attached hydrogen (secondary N) is 1. The minimum absolute atomic E-state index is 0.0303. The van der Waals surface area contributed by atoms with Crippen molar-refractivity contribution >= 4 is 0 Å². The summed E-state index contributed by atoms with van der Waals surface area (Å²) >= 11 is 0. The minimum atomic E-state index is -0.209. The topological polar surface area (TPSA) is 42.7 Å². The lowest BCUT2D eigenvalue weighted by Crippen LogP contribution is -2.36. The molecule has 2 aromatic rings. The summed E-state index contributed by atoms with van der Waals surface area (Å²) in [5.41, 5.74) is 2.01. The van der Waals surface area contributed by atoms with E-state index in [1.54, 1.807) is 18.5 Å². The molecule has 0 aliphatic heterocycles. The van der Waals surface area contributed by atoms with Crippen molar-refractivity contribution in [1.82, 2.24) is 20.1 Å². The molecule has 1 heterocycles.